The number of aromatic nitrogens is 2. The summed E-state index contributed by atoms with van der Waals surface area (Å²) in [4.78, 5) is 20.8. The van der Waals surface area contributed by atoms with E-state index in [1.165, 1.54) is 16.7 Å². The predicted molar refractivity (Wildman–Crippen MR) is 114 cm³/mol. The molecule has 3 aromatic rings. The summed E-state index contributed by atoms with van der Waals surface area (Å²) >= 11 is 6.23. The van der Waals surface area contributed by atoms with E-state index in [0.717, 1.165) is 29.1 Å². The van der Waals surface area contributed by atoms with E-state index in [2.05, 4.69) is 32.7 Å². The highest BCUT2D eigenvalue weighted by atomic mass is 35.5. The fraction of sp³-hybridized carbons (Fsp3) is 0.261. The number of amides is 1. The minimum Gasteiger partial charge on any atom is -0.355 e. The molecule has 6 heteroatoms. The highest BCUT2D eigenvalue weighted by Crippen LogP contribution is 2.32. The third-order valence-electron chi connectivity index (χ3n) is 5.19. The van der Waals surface area contributed by atoms with Gasteiger partial charge in [-0.2, -0.15) is 0 Å². The number of hydrogen-bond donors (Lipinski definition) is 2. The molecule has 4 rings (SSSR count). The lowest BCUT2D eigenvalue weighted by atomic mass is 9.98. The Bertz CT molecular complexity index is 993. The fourth-order valence-electron chi connectivity index (χ4n) is 3.78. The Balaban J connectivity index is 1.42. The number of rotatable bonds is 6. The molecule has 1 atom stereocenters. The van der Waals surface area contributed by atoms with Crippen LogP contribution < -0.4 is 10.6 Å². The number of fused-ring (bicyclic) bond motifs is 2. The van der Waals surface area contributed by atoms with Crippen molar-refractivity contribution in [3.8, 4) is 0 Å². The third-order valence-corrected chi connectivity index (χ3v) is 5.42. The highest BCUT2D eigenvalue weighted by Gasteiger charge is 2.24. The van der Waals surface area contributed by atoms with Gasteiger partial charge in [-0.05, 0) is 65.4 Å². The molecule has 2 aromatic heterocycles. The van der Waals surface area contributed by atoms with Crippen molar-refractivity contribution in [3.05, 3.63) is 94.0 Å². The van der Waals surface area contributed by atoms with Crippen molar-refractivity contribution in [3.63, 3.8) is 0 Å². The van der Waals surface area contributed by atoms with Gasteiger partial charge < -0.3 is 10.6 Å². The second-order valence-electron chi connectivity index (χ2n) is 7.16. The van der Waals surface area contributed by atoms with Gasteiger partial charge in [-0.3, -0.25) is 14.8 Å². The van der Waals surface area contributed by atoms with Crippen LogP contribution >= 0.6 is 11.6 Å². The third kappa shape index (κ3) is 4.81. The zero-order valence-corrected chi connectivity index (χ0v) is 16.8. The monoisotopic (exact) mass is 406 g/mol. The average Bonchev–Trinajstić information content (AvgIpc) is 2.89. The maximum Gasteiger partial charge on any atom is 0.224 e. The molecule has 0 fully saturated rings. The van der Waals surface area contributed by atoms with Crippen LogP contribution in [0.3, 0.4) is 0 Å². The van der Waals surface area contributed by atoms with Gasteiger partial charge >= 0.3 is 0 Å². The summed E-state index contributed by atoms with van der Waals surface area (Å²) < 4.78 is 0. The molecule has 1 aliphatic carbocycles. The van der Waals surface area contributed by atoms with Crippen LogP contribution in [0.2, 0.25) is 5.02 Å². The fourth-order valence-corrected chi connectivity index (χ4v) is 3.98. The molecule has 0 aliphatic heterocycles. The predicted octanol–water partition coefficient (Wildman–Crippen LogP) is 3.27. The molecule has 148 valence electrons. The van der Waals surface area contributed by atoms with E-state index in [0.29, 0.717) is 19.5 Å². The van der Waals surface area contributed by atoms with E-state index in [1.807, 2.05) is 36.5 Å². The van der Waals surface area contributed by atoms with Crippen molar-refractivity contribution in [2.45, 2.75) is 25.3 Å². The number of benzene rings is 1. The van der Waals surface area contributed by atoms with E-state index in [1.54, 1.807) is 12.4 Å². The van der Waals surface area contributed by atoms with E-state index in [4.69, 9.17) is 11.6 Å². The molecule has 0 spiro atoms. The number of hydrogen-bond acceptors (Lipinski definition) is 4. The Morgan fingerprint density at radius 1 is 1.03 bits per heavy atom. The molecule has 1 aliphatic rings. The van der Waals surface area contributed by atoms with E-state index in [9.17, 15) is 4.79 Å². The number of halogens is 1. The number of aryl methyl sites for hydroxylation is 2. The first-order valence-electron chi connectivity index (χ1n) is 9.82. The van der Waals surface area contributed by atoms with Gasteiger partial charge in [-0.15, -0.1) is 0 Å². The van der Waals surface area contributed by atoms with Gasteiger partial charge in [0.1, 0.15) is 0 Å². The SMILES string of the molecule is O=C(Cc1ccncc1)NCCNC1c2ccc(Cl)cc2CCc2cccnc21. The summed E-state index contributed by atoms with van der Waals surface area (Å²) in [5.74, 6) is 0.00423. The van der Waals surface area contributed by atoms with Crippen LogP contribution in [0.15, 0.2) is 61.1 Å². The van der Waals surface area contributed by atoms with Gasteiger partial charge in [-0.1, -0.05) is 23.7 Å². The van der Waals surface area contributed by atoms with Crippen LogP contribution in [0.5, 0.6) is 0 Å². The molecular weight excluding hydrogens is 384 g/mol. The number of nitrogens with one attached hydrogen (secondary N) is 2. The van der Waals surface area contributed by atoms with E-state index < -0.39 is 0 Å². The van der Waals surface area contributed by atoms with Crippen LogP contribution in [0.4, 0.5) is 0 Å². The maximum atomic E-state index is 12.2. The zero-order valence-electron chi connectivity index (χ0n) is 16.1. The van der Waals surface area contributed by atoms with E-state index in [-0.39, 0.29) is 11.9 Å². The average molecular weight is 407 g/mol. The van der Waals surface area contributed by atoms with Gasteiger partial charge in [0, 0.05) is 36.7 Å². The normalized spacial score (nSPS) is 15.1. The lowest BCUT2D eigenvalue weighted by Gasteiger charge is -2.21. The van der Waals surface area contributed by atoms with E-state index >= 15 is 0 Å². The smallest absolute Gasteiger partial charge is 0.224 e. The second-order valence-corrected chi connectivity index (χ2v) is 7.60. The van der Waals surface area contributed by atoms with Gasteiger partial charge in [0.25, 0.3) is 0 Å². The van der Waals surface area contributed by atoms with Crippen molar-refractivity contribution < 1.29 is 4.79 Å². The van der Waals surface area contributed by atoms with Crippen molar-refractivity contribution >= 4 is 17.5 Å². The molecule has 0 bridgehead atoms. The topological polar surface area (TPSA) is 66.9 Å². The van der Waals surface area contributed by atoms with Crippen LogP contribution in [0.1, 0.15) is 34.0 Å². The number of carbonyl (C=O) groups is 1. The number of pyridine rings is 2. The summed E-state index contributed by atoms with van der Waals surface area (Å²) in [5, 5.41) is 7.32. The van der Waals surface area contributed by atoms with Crippen molar-refractivity contribution in [1.29, 1.82) is 0 Å². The molecule has 5 nitrogen and oxygen atoms in total. The summed E-state index contributed by atoms with van der Waals surface area (Å²) in [5.41, 5.74) is 5.71. The Hall–Kier alpha value is -2.76. The first-order valence-corrected chi connectivity index (χ1v) is 10.2. The maximum absolute atomic E-state index is 12.2. The Kier molecular flexibility index (Phi) is 6.17. The van der Waals surface area contributed by atoms with Crippen molar-refractivity contribution in [1.82, 2.24) is 20.6 Å². The molecular formula is C23H23ClN4O. The van der Waals surface area contributed by atoms with Crippen molar-refractivity contribution in [2.75, 3.05) is 13.1 Å². The van der Waals surface area contributed by atoms with Gasteiger partial charge in [0.15, 0.2) is 0 Å². The van der Waals surface area contributed by atoms with Crippen LogP contribution in [0.25, 0.3) is 0 Å². The minimum atomic E-state index is -0.0157. The molecule has 1 unspecified atom stereocenters. The van der Waals surface area contributed by atoms with Gasteiger partial charge in [-0.25, -0.2) is 0 Å². The zero-order chi connectivity index (χ0) is 20.1. The van der Waals surface area contributed by atoms with Crippen molar-refractivity contribution in [2.24, 2.45) is 0 Å². The number of carbonyl (C=O) groups excluding carboxylic acids is 1. The van der Waals surface area contributed by atoms with Gasteiger partial charge in [0.05, 0.1) is 18.2 Å². The largest absolute Gasteiger partial charge is 0.355 e. The molecule has 0 saturated heterocycles. The highest BCUT2D eigenvalue weighted by molar-refractivity contribution is 6.30. The molecule has 2 heterocycles. The molecule has 1 amide bonds. The second kappa shape index (κ2) is 9.16. The van der Waals surface area contributed by atoms with Crippen LogP contribution in [0, 0.1) is 0 Å². The molecule has 1 aromatic carbocycles. The number of nitrogens with zero attached hydrogens (tertiary/aromatic N) is 2. The Labute approximate surface area is 175 Å². The first-order chi connectivity index (χ1) is 14.2. The molecule has 0 radical (unpaired) electrons. The Morgan fingerprint density at radius 3 is 2.72 bits per heavy atom. The lowest BCUT2D eigenvalue weighted by Crippen LogP contribution is -2.35. The van der Waals surface area contributed by atoms with Gasteiger partial charge in [0.2, 0.25) is 5.91 Å². The first kappa shape index (κ1) is 19.6. The molecule has 2 N–H and O–H groups in total. The van der Waals surface area contributed by atoms with Crippen LogP contribution in [-0.2, 0) is 24.1 Å². The molecule has 0 saturated carbocycles. The lowest BCUT2D eigenvalue weighted by molar-refractivity contribution is -0.120. The van der Waals surface area contributed by atoms with Crippen LogP contribution in [-0.4, -0.2) is 29.0 Å². The summed E-state index contributed by atoms with van der Waals surface area (Å²) in [6, 6.07) is 13.9. The Morgan fingerprint density at radius 2 is 1.86 bits per heavy atom. The summed E-state index contributed by atoms with van der Waals surface area (Å²) in [6.45, 7) is 1.19. The quantitative estimate of drug-likeness (QED) is 0.616. The summed E-state index contributed by atoms with van der Waals surface area (Å²) in [7, 11) is 0. The standard InChI is InChI=1S/C23H23ClN4O/c24-19-5-6-20-18(15-19)4-3-17-2-1-9-27-22(17)23(20)28-13-12-26-21(29)14-16-7-10-25-11-8-16/h1-2,5-11,15,23,28H,3-4,12-14H2,(H,26,29). The minimum absolute atomic E-state index is 0.00423. The summed E-state index contributed by atoms with van der Waals surface area (Å²) in [6.07, 6.45) is 7.48. The molecule has 29 heavy (non-hydrogen) atoms.